The maximum absolute atomic E-state index is 14.2. The second-order valence-electron chi connectivity index (χ2n) is 8.39. The Balaban J connectivity index is 1.62. The highest BCUT2D eigenvalue weighted by Gasteiger charge is 2.37. The normalized spacial score (nSPS) is 13.5. The summed E-state index contributed by atoms with van der Waals surface area (Å²) in [5.74, 6) is 0.396. The number of amides is 1. The molecule has 1 amide bonds. The molecular formula is C26H22F3N3O3S. The molecule has 1 aliphatic rings. The average Bonchev–Trinajstić information content (AvgIpc) is 3.22. The summed E-state index contributed by atoms with van der Waals surface area (Å²) < 4.78 is 53.2. The number of methoxy groups -OCH3 is 2. The van der Waals surface area contributed by atoms with Gasteiger partial charge >= 0.3 is 6.18 Å². The van der Waals surface area contributed by atoms with E-state index in [2.05, 4.69) is 4.98 Å². The molecular weight excluding hydrogens is 491 g/mol. The van der Waals surface area contributed by atoms with Gasteiger partial charge in [-0.3, -0.25) is 4.79 Å². The summed E-state index contributed by atoms with van der Waals surface area (Å²) in [4.78, 5) is 19.6. The first-order chi connectivity index (χ1) is 17.2. The fourth-order valence-electron chi connectivity index (χ4n) is 4.46. The molecule has 0 unspecified atom stereocenters. The van der Waals surface area contributed by atoms with Gasteiger partial charge in [-0.05, 0) is 35.7 Å². The number of carbonyl (C=O) groups is 1. The van der Waals surface area contributed by atoms with Crippen LogP contribution in [-0.2, 0) is 19.1 Å². The Morgan fingerprint density at radius 3 is 2.53 bits per heavy atom. The van der Waals surface area contributed by atoms with Gasteiger partial charge in [-0.25, -0.2) is 4.98 Å². The number of ether oxygens (including phenoxy) is 2. The van der Waals surface area contributed by atoms with Gasteiger partial charge in [0.1, 0.15) is 21.2 Å². The molecule has 0 aliphatic carbocycles. The zero-order valence-corrected chi connectivity index (χ0v) is 20.3. The molecule has 0 fully saturated rings. The van der Waals surface area contributed by atoms with Crippen molar-refractivity contribution in [2.24, 2.45) is 0 Å². The van der Waals surface area contributed by atoms with Crippen molar-refractivity contribution >= 4 is 33.1 Å². The van der Waals surface area contributed by atoms with E-state index >= 15 is 0 Å². The van der Waals surface area contributed by atoms with Crippen molar-refractivity contribution in [1.29, 1.82) is 0 Å². The van der Waals surface area contributed by atoms with E-state index in [1.807, 2.05) is 24.3 Å². The molecule has 2 aromatic heterocycles. The van der Waals surface area contributed by atoms with E-state index in [4.69, 9.17) is 15.2 Å². The van der Waals surface area contributed by atoms with Crippen LogP contribution in [0.1, 0.15) is 26.4 Å². The number of thiophene rings is 1. The highest BCUT2D eigenvalue weighted by molar-refractivity contribution is 7.21. The summed E-state index contributed by atoms with van der Waals surface area (Å²) in [6.45, 7) is 0.827. The minimum Gasteiger partial charge on any atom is -0.497 e. The van der Waals surface area contributed by atoms with Crippen molar-refractivity contribution in [2.75, 3.05) is 26.5 Å². The fraction of sp³-hybridized carbons (Fsp3) is 0.231. The number of carbonyl (C=O) groups excluding carboxylic acids is 1. The van der Waals surface area contributed by atoms with Gasteiger partial charge in [0.25, 0.3) is 5.91 Å². The summed E-state index contributed by atoms with van der Waals surface area (Å²) in [7, 11) is 2.90. The number of nitrogen functional groups attached to an aromatic ring is 1. The maximum Gasteiger partial charge on any atom is 0.417 e. The van der Waals surface area contributed by atoms with Gasteiger partial charge < -0.3 is 20.1 Å². The summed E-state index contributed by atoms with van der Waals surface area (Å²) in [6, 6.07) is 13.5. The second kappa shape index (κ2) is 9.02. The summed E-state index contributed by atoms with van der Waals surface area (Å²) in [5.41, 5.74) is 7.64. The Morgan fingerprint density at radius 2 is 1.83 bits per heavy atom. The van der Waals surface area contributed by atoms with E-state index < -0.39 is 17.6 Å². The van der Waals surface area contributed by atoms with Crippen molar-refractivity contribution in [3.63, 3.8) is 0 Å². The Bertz CT molecular complexity index is 1480. The molecule has 10 heteroatoms. The van der Waals surface area contributed by atoms with Crippen LogP contribution < -0.4 is 15.2 Å². The lowest BCUT2D eigenvalue weighted by atomic mass is 9.99. The van der Waals surface area contributed by atoms with Crippen LogP contribution in [0.2, 0.25) is 0 Å². The van der Waals surface area contributed by atoms with Crippen molar-refractivity contribution in [1.82, 2.24) is 9.88 Å². The van der Waals surface area contributed by atoms with Crippen LogP contribution in [0.15, 0.2) is 48.5 Å². The lowest BCUT2D eigenvalue weighted by molar-refractivity contribution is -0.136. The number of alkyl halides is 3. The Morgan fingerprint density at radius 1 is 1.08 bits per heavy atom. The fourth-order valence-corrected chi connectivity index (χ4v) is 5.55. The smallest absolute Gasteiger partial charge is 0.417 e. The largest absolute Gasteiger partial charge is 0.497 e. The van der Waals surface area contributed by atoms with Crippen molar-refractivity contribution in [3.8, 4) is 22.8 Å². The third-order valence-corrected chi connectivity index (χ3v) is 7.39. The zero-order valence-electron chi connectivity index (χ0n) is 19.5. The molecule has 0 spiro atoms. The maximum atomic E-state index is 14.2. The number of halogens is 3. The molecule has 6 nitrogen and oxygen atoms in total. The molecule has 0 saturated heterocycles. The summed E-state index contributed by atoms with van der Waals surface area (Å²) in [6.07, 6.45) is -4.05. The SMILES string of the molecule is COc1ccc(-c2cc(C(F)(F)F)c3c(N)c(C(=O)N4CCc5ccccc5C4)sc3n2)c(OC)c1. The van der Waals surface area contributed by atoms with Crippen LogP contribution in [-0.4, -0.2) is 36.6 Å². The van der Waals surface area contributed by atoms with Crippen molar-refractivity contribution in [3.05, 3.63) is 70.1 Å². The quantitative estimate of drug-likeness (QED) is 0.374. The number of nitrogens with two attached hydrogens (primary N) is 1. The Hall–Kier alpha value is -3.79. The highest BCUT2D eigenvalue weighted by Crippen LogP contribution is 2.45. The van der Waals surface area contributed by atoms with E-state index in [1.54, 1.807) is 23.1 Å². The van der Waals surface area contributed by atoms with Gasteiger partial charge in [0.15, 0.2) is 0 Å². The number of rotatable bonds is 4. The number of benzene rings is 2. The number of pyridine rings is 1. The summed E-state index contributed by atoms with van der Waals surface area (Å²) in [5, 5.41) is -0.260. The topological polar surface area (TPSA) is 77.7 Å². The molecule has 186 valence electrons. The molecule has 5 rings (SSSR count). The molecule has 0 radical (unpaired) electrons. The number of hydrogen-bond donors (Lipinski definition) is 1. The second-order valence-corrected chi connectivity index (χ2v) is 9.39. The molecule has 2 N–H and O–H groups in total. The molecule has 36 heavy (non-hydrogen) atoms. The first-order valence-electron chi connectivity index (χ1n) is 11.1. The van der Waals surface area contributed by atoms with Crippen molar-refractivity contribution < 1.29 is 27.4 Å². The van der Waals surface area contributed by atoms with E-state index in [1.165, 1.54) is 14.2 Å². The highest BCUT2D eigenvalue weighted by atomic mass is 32.1. The number of nitrogens with zero attached hydrogens (tertiary/aromatic N) is 2. The number of fused-ring (bicyclic) bond motifs is 2. The van der Waals surface area contributed by atoms with E-state index in [0.29, 0.717) is 36.6 Å². The van der Waals surface area contributed by atoms with Gasteiger partial charge in [-0.2, -0.15) is 13.2 Å². The molecule has 4 aromatic rings. The van der Waals surface area contributed by atoms with Gasteiger partial charge in [0, 0.05) is 30.1 Å². The van der Waals surface area contributed by atoms with Crippen LogP contribution in [0.25, 0.3) is 21.5 Å². The minimum atomic E-state index is -4.71. The Kier molecular flexibility index (Phi) is 5.99. The van der Waals surface area contributed by atoms with Crippen LogP contribution in [0.3, 0.4) is 0 Å². The monoisotopic (exact) mass is 513 g/mol. The number of anilines is 1. The first kappa shape index (κ1) is 23.9. The number of aromatic nitrogens is 1. The molecule has 1 aliphatic heterocycles. The molecule has 3 heterocycles. The predicted octanol–water partition coefficient (Wildman–Crippen LogP) is 5.78. The third kappa shape index (κ3) is 4.11. The van der Waals surface area contributed by atoms with E-state index in [-0.39, 0.29) is 26.5 Å². The third-order valence-electron chi connectivity index (χ3n) is 6.30. The van der Waals surface area contributed by atoms with Crippen LogP contribution >= 0.6 is 11.3 Å². The van der Waals surface area contributed by atoms with E-state index in [0.717, 1.165) is 28.5 Å². The summed E-state index contributed by atoms with van der Waals surface area (Å²) >= 11 is 0.874. The lowest BCUT2D eigenvalue weighted by Crippen LogP contribution is -2.35. The number of hydrogen-bond acceptors (Lipinski definition) is 6. The van der Waals surface area contributed by atoms with Crippen LogP contribution in [0.5, 0.6) is 11.5 Å². The van der Waals surface area contributed by atoms with Gasteiger partial charge in [0.2, 0.25) is 0 Å². The lowest BCUT2D eigenvalue weighted by Gasteiger charge is -2.28. The van der Waals surface area contributed by atoms with E-state index in [9.17, 15) is 18.0 Å². The standard InChI is InChI=1S/C26H22F3N3O3S/c1-34-16-7-8-17(20(11-16)35-2)19-12-18(26(27,28)29)21-22(30)23(36-24(21)31-19)25(33)32-10-9-14-5-3-4-6-15(14)13-32/h3-8,11-12H,9-10,13,30H2,1-2H3. The minimum absolute atomic E-state index is 0.0379. The molecule has 0 bridgehead atoms. The molecule has 0 atom stereocenters. The zero-order chi connectivity index (χ0) is 25.6. The average molecular weight is 514 g/mol. The first-order valence-corrected chi connectivity index (χ1v) is 11.9. The molecule has 0 saturated carbocycles. The van der Waals surface area contributed by atoms with Gasteiger partial charge in [-0.15, -0.1) is 11.3 Å². The molecule has 2 aromatic carbocycles. The van der Waals surface area contributed by atoms with Crippen LogP contribution in [0, 0.1) is 0 Å². The van der Waals surface area contributed by atoms with Gasteiger partial charge in [-0.1, -0.05) is 24.3 Å². The predicted molar refractivity (Wildman–Crippen MR) is 132 cm³/mol. The van der Waals surface area contributed by atoms with Crippen LogP contribution in [0.4, 0.5) is 18.9 Å². The van der Waals surface area contributed by atoms with Crippen molar-refractivity contribution in [2.45, 2.75) is 19.1 Å². The Labute approximate surface area is 209 Å². The van der Waals surface area contributed by atoms with Gasteiger partial charge in [0.05, 0.1) is 31.2 Å².